The molecule has 6 nitrogen and oxygen atoms in total. The Morgan fingerprint density at radius 3 is 2.38 bits per heavy atom. The van der Waals surface area contributed by atoms with Crippen LogP contribution in [0.3, 0.4) is 0 Å². The van der Waals surface area contributed by atoms with E-state index in [0.29, 0.717) is 22.7 Å². The molecule has 138 valence electrons. The van der Waals surface area contributed by atoms with Gasteiger partial charge in [0.05, 0.1) is 18.4 Å². The van der Waals surface area contributed by atoms with Crippen molar-refractivity contribution in [3.8, 4) is 11.5 Å². The van der Waals surface area contributed by atoms with E-state index in [4.69, 9.17) is 9.47 Å². The highest BCUT2D eigenvalue weighted by molar-refractivity contribution is 6.04. The molecule has 0 saturated heterocycles. The fourth-order valence-electron chi connectivity index (χ4n) is 2.22. The van der Waals surface area contributed by atoms with Crippen molar-refractivity contribution in [1.29, 1.82) is 0 Å². The zero-order chi connectivity index (χ0) is 19.2. The number of hydrogen-bond donors (Lipinski definition) is 2. The molecule has 0 aliphatic rings. The molecule has 0 aromatic heterocycles. The summed E-state index contributed by atoms with van der Waals surface area (Å²) in [6.45, 7) is 5.51. The molecular formula is C20H24N2O4. The van der Waals surface area contributed by atoms with Crippen LogP contribution in [-0.4, -0.2) is 31.1 Å². The van der Waals surface area contributed by atoms with E-state index in [1.165, 1.54) is 0 Å². The molecule has 0 aliphatic heterocycles. The minimum Gasteiger partial charge on any atom is -0.497 e. The first-order chi connectivity index (χ1) is 12.3. The van der Waals surface area contributed by atoms with Crippen LogP contribution in [0.25, 0.3) is 0 Å². The average molecular weight is 356 g/mol. The number of ether oxygens (including phenoxy) is 2. The Hall–Kier alpha value is -3.02. The molecule has 0 bridgehead atoms. The number of benzene rings is 2. The average Bonchev–Trinajstić information content (AvgIpc) is 2.59. The van der Waals surface area contributed by atoms with Crippen LogP contribution in [0, 0.1) is 0 Å². The fourth-order valence-corrected chi connectivity index (χ4v) is 2.22. The maximum Gasteiger partial charge on any atom is 0.262 e. The summed E-state index contributed by atoms with van der Waals surface area (Å²) in [5, 5.41) is 5.60. The summed E-state index contributed by atoms with van der Waals surface area (Å²) in [4.78, 5) is 24.6. The molecule has 0 aliphatic carbocycles. The van der Waals surface area contributed by atoms with Crippen LogP contribution in [0.5, 0.6) is 11.5 Å². The molecule has 2 aromatic rings. The Bertz CT molecular complexity index is 781. The Kier molecular flexibility index (Phi) is 6.22. The van der Waals surface area contributed by atoms with E-state index in [-0.39, 0.29) is 24.0 Å². The number of rotatable bonds is 6. The van der Waals surface area contributed by atoms with Crippen molar-refractivity contribution in [3.05, 3.63) is 54.1 Å². The lowest BCUT2D eigenvalue weighted by molar-refractivity contribution is -0.118. The smallest absolute Gasteiger partial charge is 0.262 e. The first-order valence-electron chi connectivity index (χ1n) is 8.27. The lowest BCUT2D eigenvalue weighted by atomic mass is 10.1. The standard InChI is InChI=1S/C20H24N2O4/c1-20(2,3)22-19(24)16-10-5-6-11-17(16)21-18(23)13-26-15-9-7-8-14(12-15)25-4/h5-12H,13H2,1-4H3,(H,21,23)(H,22,24). The molecule has 26 heavy (non-hydrogen) atoms. The second-order valence-corrected chi connectivity index (χ2v) is 6.77. The van der Waals surface area contributed by atoms with E-state index in [1.807, 2.05) is 20.8 Å². The normalized spacial score (nSPS) is 10.8. The van der Waals surface area contributed by atoms with Gasteiger partial charge >= 0.3 is 0 Å². The SMILES string of the molecule is COc1cccc(OCC(=O)Nc2ccccc2C(=O)NC(C)(C)C)c1. The second-order valence-electron chi connectivity index (χ2n) is 6.77. The van der Waals surface area contributed by atoms with Gasteiger partial charge in [0.15, 0.2) is 6.61 Å². The fraction of sp³-hybridized carbons (Fsp3) is 0.300. The van der Waals surface area contributed by atoms with E-state index >= 15 is 0 Å². The van der Waals surface area contributed by atoms with Gasteiger partial charge in [0.2, 0.25) is 0 Å². The van der Waals surface area contributed by atoms with Crippen LogP contribution in [0.2, 0.25) is 0 Å². The van der Waals surface area contributed by atoms with Gasteiger partial charge in [-0.15, -0.1) is 0 Å². The first kappa shape index (κ1) is 19.3. The number of methoxy groups -OCH3 is 1. The van der Waals surface area contributed by atoms with Crippen LogP contribution in [0.4, 0.5) is 5.69 Å². The van der Waals surface area contributed by atoms with Gasteiger partial charge in [-0.05, 0) is 45.0 Å². The molecule has 2 amide bonds. The summed E-state index contributed by atoms with van der Waals surface area (Å²) < 4.78 is 10.6. The quantitative estimate of drug-likeness (QED) is 0.833. The molecule has 0 radical (unpaired) electrons. The van der Waals surface area contributed by atoms with Crippen LogP contribution in [0.1, 0.15) is 31.1 Å². The maximum atomic E-state index is 12.4. The first-order valence-corrected chi connectivity index (χ1v) is 8.27. The van der Waals surface area contributed by atoms with Gasteiger partial charge in [-0.25, -0.2) is 0 Å². The molecule has 2 aromatic carbocycles. The zero-order valence-electron chi connectivity index (χ0n) is 15.5. The van der Waals surface area contributed by atoms with Crippen molar-refractivity contribution in [1.82, 2.24) is 5.32 Å². The van der Waals surface area contributed by atoms with Gasteiger partial charge in [-0.2, -0.15) is 0 Å². The van der Waals surface area contributed by atoms with Crippen molar-refractivity contribution >= 4 is 17.5 Å². The van der Waals surface area contributed by atoms with Crippen molar-refractivity contribution in [2.75, 3.05) is 19.0 Å². The number of hydrogen-bond acceptors (Lipinski definition) is 4. The molecule has 2 N–H and O–H groups in total. The largest absolute Gasteiger partial charge is 0.497 e. The Morgan fingerprint density at radius 1 is 1.00 bits per heavy atom. The van der Waals surface area contributed by atoms with Gasteiger partial charge in [0.1, 0.15) is 11.5 Å². The van der Waals surface area contributed by atoms with E-state index < -0.39 is 0 Å². The van der Waals surface area contributed by atoms with Crippen LogP contribution < -0.4 is 20.1 Å². The highest BCUT2D eigenvalue weighted by Gasteiger charge is 2.18. The number of nitrogens with one attached hydrogen (secondary N) is 2. The number of anilines is 1. The van der Waals surface area contributed by atoms with E-state index in [1.54, 1.807) is 55.6 Å². The summed E-state index contributed by atoms with van der Waals surface area (Å²) in [6, 6.07) is 13.8. The molecule has 0 atom stereocenters. The van der Waals surface area contributed by atoms with Gasteiger partial charge in [-0.3, -0.25) is 9.59 Å². The van der Waals surface area contributed by atoms with E-state index in [0.717, 1.165) is 0 Å². The Labute approximate surface area is 153 Å². The third kappa shape index (κ3) is 5.81. The Balaban J connectivity index is 2.01. The summed E-state index contributed by atoms with van der Waals surface area (Å²) in [5.41, 5.74) is 0.467. The lowest BCUT2D eigenvalue weighted by Gasteiger charge is -2.21. The topological polar surface area (TPSA) is 76.7 Å². The van der Waals surface area contributed by atoms with Crippen LogP contribution in [-0.2, 0) is 4.79 Å². The number of carbonyl (C=O) groups excluding carboxylic acids is 2. The minimum absolute atomic E-state index is 0.178. The lowest BCUT2D eigenvalue weighted by Crippen LogP contribution is -2.41. The summed E-state index contributed by atoms with van der Waals surface area (Å²) in [5.74, 6) is 0.566. The zero-order valence-corrected chi connectivity index (χ0v) is 15.5. The molecule has 0 heterocycles. The highest BCUT2D eigenvalue weighted by atomic mass is 16.5. The van der Waals surface area contributed by atoms with Crippen LogP contribution in [0.15, 0.2) is 48.5 Å². The van der Waals surface area contributed by atoms with E-state index in [2.05, 4.69) is 10.6 Å². The molecule has 2 rings (SSSR count). The molecule has 0 unspecified atom stereocenters. The third-order valence-corrected chi connectivity index (χ3v) is 3.35. The predicted molar refractivity (Wildman–Crippen MR) is 101 cm³/mol. The summed E-state index contributed by atoms with van der Waals surface area (Å²) in [6.07, 6.45) is 0. The van der Waals surface area contributed by atoms with Gasteiger partial charge in [0, 0.05) is 11.6 Å². The summed E-state index contributed by atoms with van der Waals surface area (Å²) >= 11 is 0. The number of carbonyl (C=O) groups is 2. The van der Waals surface area contributed by atoms with E-state index in [9.17, 15) is 9.59 Å². The number of amides is 2. The Morgan fingerprint density at radius 2 is 1.69 bits per heavy atom. The second kappa shape index (κ2) is 8.38. The predicted octanol–water partition coefficient (Wildman–Crippen LogP) is 3.24. The van der Waals surface area contributed by atoms with Crippen molar-refractivity contribution in [2.45, 2.75) is 26.3 Å². The highest BCUT2D eigenvalue weighted by Crippen LogP contribution is 2.19. The molecule has 0 saturated carbocycles. The minimum atomic E-state index is -0.371. The van der Waals surface area contributed by atoms with Gasteiger partial charge in [-0.1, -0.05) is 18.2 Å². The molecule has 6 heteroatoms. The van der Waals surface area contributed by atoms with Crippen molar-refractivity contribution < 1.29 is 19.1 Å². The molecular weight excluding hydrogens is 332 g/mol. The van der Waals surface area contributed by atoms with Crippen molar-refractivity contribution in [2.24, 2.45) is 0 Å². The van der Waals surface area contributed by atoms with Gasteiger partial charge in [0.25, 0.3) is 11.8 Å². The third-order valence-electron chi connectivity index (χ3n) is 3.35. The molecule has 0 fully saturated rings. The maximum absolute atomic E-state index is 12.4. The van der Waals surface area contributed by atoms with Crippen LogP contribution >= 0.6 is 0 Å². The van der Waals surface area contributed by atoms with Crippen molar-refractivity contribution in [3.63, 3.8) is 0 Å². The summed E-state index contributed by atoms with van der Waals surface area (Å²) in [7, 11) is 1.56. The monoisotopic (exact) mass is 356 g/mol. The molecule has 0 spiro atoms. The van der Waals surface area contributed by atoms with Gasteiger partial charge < -0.3 is 20.1 Å². The number of para-hydroxylation sites is 1.